The van der Waals surface area contributed by atoms with Crippen molar-refractivity contribution in [2.75, 3.05) is 36.5 Å². The molecule has 10 heteroatoms. The minimum atomic E-state index is -4.59. The van der Waals surface area contributed by atoms with Crippen LogP contribution in [0.4, 0.5) is 33.3 Å². The van der Waals surface area contributed by atoms with Crippen LogP contribution in [0, 0.1) is 0 Å². The van der Waals surface area contributed by atoms with E-state index in [1.807, 2.05) is 0 Å². The highest BCUT2D eigenvalue weighted by Gasteiger charge is 2.32. The van der Waals surface area contributed by atoms with Crippen LogP contribution in [0.3, 0.4) is 0 Å². The lowest BCUT2D eigenvalue weighted by Crippen LogP contribution is -2.36. The van der Waals surface area contributed by atoms with Crippen LogP contribution in [0.1, 0.15) is 15.9 Å². The zero-order chi connectivity index (χ0) is 21.0. The third-order valence-electron chi connectivity index (χ3n) is 4.25. The van der Waals surface area contributed by atoms with Crippen LogP contribution in [0.2, 0.25) is 0 Å². The van der Waals surface area contributed by atoms with Crippen molar-refractivity contribution < 1.29 is 36.2 Å². The van der Waals surface area contributed by atoms with Crippen molar-refractivity contribution in [1.29, 1.82) is 0 Å². The molecule has 0 bridgehead atoms. The molecular formula is C19H17F5N2O3. The maximum absolute atomic E-state index is 13.1. The van der Waals surface area contributed by atoms with Crippen LogP contribution in [0.25, 0.3) is 0 Å². The number of amides is 1. The lowest BCUT2D eigenvalue weighted by Gasteiger charge is -2.31. The molecule has 1 amide bonds. The Hall–Kier alpha value is -2.88. The largest absolute Gasteiger partial charge is 0.435 e. The Bertz CT molecular complexity index is 867. The summed E-state index contributed by atoms with van der Waals surface area (Å²) in [5.41, 5.74) is -0.574. The number of carbonyl (C=O) groups excluding carboxylic acids is 1. The van der Waals surface area contributed by atoms with Crippen molar-refractivity contribution in [1.82, 2.24) is 0 Å². The number of halogens is 5. The number of ether oxygens (including phenoxy) is 2. The molecule has 1 heterocycles. The van der Waals surface area contributed by atoms with E-state index in [0.29, 0.717) is 32.0 Å². The number of morpholine rings is 1. The first-order valence-corrected chi connectivity index (χ1v) is 8.64. The predicted molar refractivity (Wildman–Crippen MR) is 95.5 cm³/mol. The molecule has 156 valence electrons. The van der Waals surface area contributed by atoms with E-state index in [-0.39, 0.29) is 17.0 Å². The summed E-state index contributed by atoms with van der Waals surface area (Å²) in [7, 11) is 0. The van der Waals surface area contributed by atoms with Gasteiger partial charge in [0, 0.05) is 18.7 Å². The maximum Gasteiger partial charge on any atom is 0.416 e. The molecule has 0 unspecified atom stereocenters. The highest BCUT2D eigenvalue weighted by atomic mass is 19.4. The van der Waals surface area contributed by atoms with Gasteiger partial charge in [-0.3, -0.25) is 4.79 Å². The highest BCUT2D eigenvalue weighted by Crippen LogP contribution is 2.36. The van der Waals surface area contributed by atoms with E-state index >= 15 is 0 Å². The van der Waals surface area contributed by atoms with E-state index in [1.165, 1.54) is 24.3 Å². The fourth-order valence-corrected chi connectivity index (χ4v) is 2.90. The van der Waals surface area contributed by atoms with Crippen molar-refractivity contribution in [3.05, 3.63) is 53.6 Å². The lowest BCUT2D eigenvalue weighted by atomic mass is 10.1. The SMILES string of the molecule is O=C(Nc1cc(C(F)(F)F)ccc1N1CCOCC1)c1cccc(OC(F)F)c1. The van der Waals surface area contributed by atoms with Gasteiger partial charge in [0.1, 0.15) is 5.75 Å². The summed E-state index contributed by atoms with van der Waals surface area (Å²) in [5.74, 6) is -0.983. The van der Waals surface area contributed by atoms with Crippen LogP contribution in [0.5, 0.6) is 5.75 Å². The molecule has 0 spiro atoms. The van der Waals surface area contributed by atoms with Gasteiger partial charge in [-0.05, 0) is 36.4 Å². The van der Waals surface area contributed by atoms with Gasteiger partial charge in [0.2, 0.25) is 0 Å². The number of alkyl halides is 5. The second kappa shape index (κ2) is 8.64. The van der Waals surface area contributed by atoms with E-state index in [1.54, 1.807) is 4.90 Å². The first-order valence-electron chi connectivity index (χ1n) is 8.64. The molecule has 1 saturated heterocycles. The van der Waals surface area contributed by atoms with Crippen LogP contribution in [0.15, 0.2) is 42.5 Å². The summed E-state index contributed by atoms with van der Waals surface area (Å²) in [6.07, 6.45) is -4.59. The number of anilines is 2. The van der Waals surface area contributed by atoms with Gasteiger partial charge < -0.3 is 19.7 Å². The minimum absolute atomic E-state index is 0.0338. The highest BCUT2D eigenvalue weighted by molar-refractivity contribution is 6.06. The van der Waals surface area contributed by atoms with Crippen molar-refractivity contribution in [2.24, 2.45) is 0 Å². The molecule has 1 N–H and O–H groups in total. The summed E-state index contributed by atoms with van der Waals surface area (Å²) < 4.78 is 73.7. The Morgan fingerprint density at radius 2 is 1.83 bits per heavy atom. The smallest absolute Gasteiger partial charge is 0.416 e. The van der Waals surface area contributed by atoms with Crippen LogP contribution < -0.4 is 15.0 Å². The fraction of sp³-hybridized carbons (Fsp3) is 0.316. The maximum atomic E-state index is 13.1. The van der Waals surface area contributed by atoms with Gasteiger partial charge in [0.15, 0.2) is 0 Å². The average Bonchev–Trinajstić information content (AvgIpc) is 2.67. The third kappa shape index (κ3) is 5.35. The summed E-state index contributed by atoms with van der Waals surface area (Å²) in [5, 5.41) is 2.45. The fourth-order valence-electron chi connectivity index (χ4n) is 2.90. The molecule has 2 aromatic carbocycles. The second-order valence-corrected chi connectivity index (χ2v) is 6.19. The van der Waals surface area contributed by atoms with Gasteiger partial charge in [-0.2, -0.15) is 22.0 Å². The minimum Gasteiger partial charge on any atom is -0.435 e. The second-order valence-electron chi connectivity index (χ2n) is 6.19. The molecule has 0 radical (unpaired) electrons. The molecule has 2 aromatic rings. The topological polar surface area (TPSA) is 50.8 Å². The van der Waals surface area contributed by atoms with Gasteiger partial charge in [-0.25, -0.2) is 0 Å². The molecule has 0 aliphatic carbocycles. The normalized spacial score (nSPS) is 14.8. The quantitative estimate of drug-likeness (QED) is 0.735. The lowest BCUT2D eigenvalue weighted by molar-refractivity contribution is -0.137. The van der Waals surface area contributed by atoms with Gasteiger partial charge in [0.05, 0.1) is 30.2 Å². The number of hydrogen-bond acceptors (Lipinski definition) is 4. The van der Waals surface area contributed by atoms with E-state index in [0.717, 1.165) is 18.2 Å². The first kappa shape index (κ1) is 20.8. The Morgan fingerprint density at radius 1 is 1.10 bits per heavy atom. The molecule has 0 saturated carbocycles. The van der Waals surface area contributed by atoms with Crippen molar-refractivity contribution in [2.45, 2.75) is 12.8 Å². The zero-order valence-corrected chi connectivity index (χ0v) is 15.0. The molecular weight excluding hydrogens is 399 g/mol. The predicted octanol–water partition coefficient (Wildman–Crippen LogP) is 4.40. The third-order valence-corrected chi connectivity index (χ3v) is 4.25. The van der Waals surface area contributed by atoms with Gasteiger partial charge in [-0.15, -0.1) is 0 Å². The average molecular weight is 416 g/mol. The molecule has 1 aliphatic heterocycles. The van der Waals surface area contributed by atoms with Gasteiger partial charge in [0.25, 0.3) is 5.91 Å². The zero-order valence-electron chi connectivity index (χ0n) is 15.0. The van der Waals surface area contributed by atoms with Crippen molar-refractivity contribution >= 4 is 17.3 Å². The standard InChI is InChI=1S/C19H17F5N2O3/c20-18(21)29-14-3-1-2-12(10-14)17(27)25-15-11-13(19(22,23)24)4-5-16(15)26-6-8-28-9-7-26/h1-5,10-11,18H,6-9H2,(H,25,27). The Labute approximate surface area is 163 Å². The Kier molecular flexibility index (Phi) is 6.21. The molecule has 1 fully saturated rings. The van der Waals surface area contributed by atoms with E-state index in [2.05, 4.69) is 10.1 Å². The molecule has 1 aliphatic rings. The van der Waals surface area contributed by atoms with E-state index in [4.69, 9.17) is 4.74 Å². The molecule has 0 aromatic heterocycles. The molecule has 3 rings (SSSR count). The first-order chi connectivity index (χ1) is 13.7. The van der Waals surface area contributed by atoms with Crippen molar-refractivity contribution in [3.8, 4) is 5.75 Å². The van der Waals surface area contributed by atoms with E-state index in [9.17, 15) is 26.7 Å². The summed E-state index contributed by atoms with van der Waals surface area (Å²) >= 11 is 0. The number of rotatable bonds is 5. The number of nitrogens with zero attached hydrogens (tertiary/aromatic N) is 1. The molecule has 29 heavy (non-hydrogen) atoms. The number of hydrogen-bond donors (Lipinski definition) is 1. The summed E-state index contributed by atoms with van der Waals surface area (Å²) in [6, 6.07) is 8.09. The summed E-state index contributed by atoms with van der Waals surface area (Å²) in [6.45, 7) is -1.36. The number of nitrogens with one attached hydrogen (secondary N) is 1. The van der Waals surface area contributed by atoms with Gasteiger partial charge in [-0.1, -0.05) is 6.07 Å². The molecule has 5 nitrogen and oxygen atoms in total. The molecule has 0 atom stereocenters. The van der Waals surface area contributed by atoms with Crippen LogP contribution >= 0.6 is 0 Å². The van der Waals surface area contributed by atoms with Crippen LogP contribution in [-0.4, -0.2) is 38.8 Å². The van der Waals surface area contributed by atoms with Crippen molar-refractivity contribution in [3.63, 3.8) is 0 Å². The Morgan fingerprint density at radius 3 is 2.48 bits per heavy atom. The van der Waals surface area contributed by atoms with Gasteiger partial charge >= 0.3 is 12.8 Å². The van der Waals surface area contributed by atoms with Crippen LogP contribution in [-0.2, 0) is 10.9 Å². The number of carbonyl (C=O) groups is 1. The van der Waals surface area contributed by atoms with E-state index < -0.39 is 24.3 Å². The Balaban J connectivity index is 1.90. The monoisotopic (exact) mass is 416 g/mol. The summed E-state index contributed by atoms with van der Waals surface area (Å²) in [4.78, 5) is 14.4. The number of benzene rings is 2.